The molecule has 0 radical (unpaired) electrons. The Labute approximate surface area is 231 Å². The van der Waals surface area contributed by atoms with Gasteiger partial charge in [-0.15, -0.1) is 0 Å². The van der Waals surface area contributed by atoms with E-state index in [1.54, 1.807) is 17.0 Å². The van der Waals surface area contributed by atoms with Crippen LogP contribution in [-0.4, -0.2) is 79.2 Å². The van der Waals surface area contributed by atoms with E-state index < -0.39 is 17.7 Å². The minimum absolute atomic E-state index is 0.110. The van der Waals surface area contributed by atoms with Crippen molar-refractivity contribution in [3.63, 3.8) is 0 Å². The zero-order valence-corrected chi connectivity index (χ0v) is 23.3. The number of hydrogen-bond donors (Lipinski definition) is 1. The van der Waals surface area contributed by atoms with Crippen LogP contribution in [-0.2, 0) is 14.3 Å². The Morgan fingerprint density at radius 3 is 2.36 bits per heavy atom. The third-order valence-corrected chi connectivity index (χ3v) is 7.24. The molecule has 0 saturated carbocycles. The van der Waals surface area contributed by atoms with Crippen LogP contribution in [0.3, 0.4) is 0 Å². The van der Waals surface area contributed by atoms with Crippen molar-refractivity contribution >= 4 is 17.4 Å². The van der Waals surface area contributed by atoms with Gasteiger partial charge >= 0.3 is 0 Å². The predicted octanol–water partition coefficient (Wildman–Crippen LogP) is 4.72. The third kappa shape index (κ3) is 6.81. The van der Waals surface area contributed by atoms with Gasteiger partial charge in [-0.05, 0) is 68.1 Å². The van der Waals surface area contributed by atoms with E-state index in [1.807, 2.05) is 44.2 Å². The van der Waals surface area contributed by atoms with E-state index in [1.165, 1.54) is 0 Å². The lowest BCUT2D eigenvalue weighted by Gasteiger charge is -2.29. The number of hydrogen-bond acceptors (Lipinski definition) is 7. The summed E-state index contributed by atoms with van der Waals surface area (Å²) in [5, 5.41) is 11.5. The van der Waals surface area contributed by atoms with Gasteiger partial charge in [-0.2, -0.15) is 0 Å². The number of amides is 1. The van der Waals surface area contributed by atoms with Gasteiger partial charge in [0.15, 0.2) is 0 Å². The Hall–Kier alpha value is -3.36. The summed E-state index contributed by atoms with van der Waals surface area (Å²) in [5.41, 5.74) is 2.14. The molecule has 1 atom stereocenters. The Morgan fingerprint density at radius 1 is 0.974 bits per heavy atom. The first kappa shape index (κ1) is 28.6. The fourth-order valence-corrected chi connectivity index (χ4v) is 5.13. The molecule has 1 unspecified atom stereocenters. The summed E-state index contributed by atoms with van der Waals surface area (Å²) in [6, 6.07) is 12.1. The topological polar surface area (TPSA) is 88.5 Å². The van der Waals surface area contributed by atoms with Crippen molar-refractivity contribution in [3.05, 3.63) is 64.7 Å². The predicted molar refractivity (Wildman–Crippen MR) is 150 cm³/mol. The van der Waals surface area contributed by atoms with Crippen LogP contribution in [0.5, 0.6) is 11.5 Å². The molecule has 4 rings (SSSR count). The Bertz CT molecular complexity index is 1170. The Morgan fingerprint density at radius 2 is 1.69 bits per heavy atom. The molecule has 0 aliphatic carbocycles. The second kappa shape index (κ2) is 13.6. The number of ketones is 1. The van der Waals surface area contributed by atoms with Crippen molar-refractivity contribution in [3.8, 4) is 11.5 Å². The molecular weight excluding hydrogens is 496 g/mol. The largest absolute Gasteiger partial charge is 0.507 e. The number of aliphatic hydroxyl groups excluding tert-OH is 1. The Balaban J connectivity index is 1.66. The first-order valence-corrected chi connectivity index (χ1v) is 14.0. The number of aryl methyl sites for hydroxylation is 1. The number of morpholine rings is 1. The number of ether oxygens (including phenoxy) is 3. The lowest BCUT2D eigenvalue weighted by Crippen LogP contribution is -2.38. The zero-order chi connectivity index (χ0) is 27.8. The summed E-state index contributed by atoms with van der Waals surface area (Å²) in [6.07, 6.45) is 2.72. The second-order valence-electron chi connectivity index (χ2n) is 9.98. The summed E-state index contributed by atoms with van der Waals surface area (Å²) >= 11 is 0. The minimum atomic E-state index is -0.689. The summed E-state index contributed by atoms with van der Waals surface area (Å²) in [6.45, 7) is 11.4. The molecule has 0 aromatic heterocycles. The monoisotopic (exact) mass is 536 g/mol. The van der Waals surface area contributed by atoms with Gasteiger partial charge in [0, 0.05) is 31.7 Å². The molecule has 2 fully saturated rings. The first-order valence-electron chi connectivity index (χ1n) is 14.0. The highest BCUT2D eigenvalue weighted by atomic mass is 16.5. The van der Waals surface area contributed by atoms with Gasteiger partial charge in [-0.1, -0.05) is 25.5 Å². The lowest BCUT2D eigenvalue weighted by atomic mass is 9.93. The van der Waals surface area contributed by atoms with Crippen molar-refractivity contribution in [1.29, 1.82) is 0 Å². The average Bonchev–Trinajstić information content (AvgIpc) is 3.19. The summed E-state index contributed by atoms with van der Waals surface area (Å²) in [5.74, 6) is -0.00202. The molecule has 1 amide bonds. The van der Waals surface area contributed by atoms with E-state index in [9.17, 15) is 14.7 Å². The molecule has 1 N–H and O–H groups in total. The van der Waals surface area contributed by atoms with Gasteiger partial charge < -0.3 is 24.2 Å². The highest BCUT2D eigenvalue weighted by molar-refractivity contribution is 6.46. The maximum absolute atomic E-state index is 13.4. The van der Waals surface area contributed by atoms with Gasteiger partial charge in [0.25, 0.3) is 11.7 Å². The summed E-state index contributed by atoms with van der Waals surface area (Å²) < 4.78 is 16.8. The van der Waals surface area contributed by atoms with Crippen LogP contribution in [0.4, 0.5) is 0 Å². The van der Waals surface area contributed by atoms with E-state index in [2.05, 4.69) is 11.8 Å². The fraction of sp³-hybridized carbons (Fsp3) is 0.484. The molecule has 210 valence electrons. The number of likely N-dealkylation sites (tertiary alicyclic amines) is 1. The maximum atomic E-state index is 13.4. The number of Topliss-reactive ketones (excluding diaryl/α,β-unsaturated/α-hetero) is 1. The maximum Gasteiger partial charge on any atom is 0.295 e. The molecule has 8 heteroatoms. The molecule has 2 aromatic rings. The molecule has 39 heavy (non-hydrogen) atoms. The number of aliphatic hydroxyl groups is 1. The van der Waals surface area contributed by atoms with E-state index in [0.29, 0.717) is 50.7 Å². The van der Waals surface area contributed by atoms with Crippen LogP contribution in [0.2, 0.25) is 0 Å². The minimum Gasteiger partial charge on any atom is -0.507 e. The first-order chi connectivity index (χ1) is 18.9. The van der Waals surface area contributed by atoms with E-state index in [0.717, 1.165) is 49.4 Å². The van der Waals surface area contributed by atoms with Crippen molar-refractivity contribution < 1.29 is 28.9 Å². The smallest absolute Gasteiger partial charge is 0.295 e. The molecule has 2 aliphatic rings. The second-order valence-corrected chi connectivity index (χ2v) is 9.98. The van der Waals surface area contributed by atoms with E-state index >= 15 is 0 Å². The number of carbonyl (C=O) groups is 2. The zero-order valence-electron chi connectivity index (χ0n) is 23.3. The summed E-state index contributed by atoms with van der Waals surface area (Å²) in [4.78, 5) is 30.7. The molecule has 8 nitrogen and oxygen atoms in total. The molecule has 2 saturated heterocycles. The molecule has 2 aromatic carbocycles. The number of unbranched alkanes of at least 4 members (excludes halogenated alkanes) is 1. The molecule has 0 bridgehead atoms. The molecular formula is C31H40N2O6. The standard InChI is InChI=1S/C31H40N2O6/c1-4-6-18-39-24-10-8-23(9-11-24)28-27(29(34)26-13-12-25(38-5-2)21-22(26)3)30(35)31(36)33(28)15-7-14-32-16-19-37-20-17-32/h8-13,21,28,34H,4-7,14-20H2,1-3H3. The van der Waals surface area contributed by atoms with Crippen LogP contribution >= 0.6 is 0 Å². The van der Waals surface area contributed by atoms with Crippen LogP contribution in [0.15, 0.2) is 48.0 Å². The van der Waals surface area contributed by atoms with Gasteiger partial charge in [-0.3, -0.25) is 14.5 Å². The number of benzene rings is 2. The summed E-state index contributed by atoms with van der Waals surface area (Å²) in [7, 11) is 0. The van der Waals surface area contributed by atoms with E-state index in [-0.39, 0.29) is 11.3 Å². The number of carbonyl (C=O) groups excluding carboxylic acids is 2. The van der Waals surface area contributed by atoms with Gasteiger partial charge in [0.2, 0.25) is 0 Å². The number of rotatable bonds is 12. The van der Waals surface area contributed by atoms with Crippen LogP contribution in [0.25, 0.3) is 5.76 Å². The van der Waals surface area contributed by atoms with Crippen LogP contribution in [0.1, 0.15) is 55.8 Å². The Kier molecular flexibility index (Phi) is 10.0. The van der Waals surface area contributed by atoms with Crippen molar-refractivity contribution in [2.24, 2.45) is 0 Å². The van der Waals surface area contributed by atoms with Crippen LogP contribution < -0.4 is 9.47 Å². The molecule has 2 heterocycles. The highest BCUT2D eigenvalue weighted by Crippen LogP contribution is 2.40. The van der Waals surface area contributed by atoms with Gasteiger partial charge in [0.05, 0.1) is 38.0 Å². The quantitative estimate of drug-likeness (QED) is 0.182. The lowest BCUT2D eigenvalue weighted by molar-refractivity contribution is -0.140. The molecule has 2 aliphatic heterocycles. The van der Waals surface area contributed by atoms with Crippen molar-refractivity contribution in [1.82, 2.24) is 9.80 Å². The highest BCUT2D eigenvalue weighted by Gasteiger charge is 2.46. The fourth-order valence-electron chi connectivity index (χ4n) is 5.13. The number of nitrogens with zero attached hydrogens (tertiary/aromatic N) is 2. The van der Waals surface area contributed by atoms with Gasteiger partial charge in [-0.25, -0.2) is 0 Å². The van der Waals surface area contributed by atoms with Gasteiger partial charge in [0.1, 0.15) is 17.3 Å². The van der Waals surface area contributed by atoms with Crippen molar-refractivity contribution in [2.75, 3.05) is 52.6 Å². The van der Waals surface area contributed by atoms with Crippen LogP contribution in [0, 0.1) is 6.92 Å². The molecule has 0 spiro atoms. The van der Waals surface area contributed by atoms with Crippen molar-refractivity contribution in [2.45, 2.75) is 46.1 Å². The third-order valence-electron chi connectivity index (χ3n) is 7.24. The average molecular weight is 537 g/mol. The SMILES string of the molecule is CCCCOc1ccc(C2C(=C(O)c3ccc(OCC)cc3C)C(=O)C(=O)N2CCCN2CCOCC2)cc1. The van der Waals surface area contributed by atoms with E-state index in [4.69, 9.17) is 14.2 Å². The normalized spacial score (nSPS) is 19.5.